The van der Waals surface area contributed by atoms with Gasteiger partial charge in [-0.05, 0) is 42.8 Å². The highest BCUT2D eigenvalue weighted by Crippen LogP contribution is 2.50. The van der Waals surface area contributed by atoms with Gasteiger partial charge < -0.3 is 29.2 Å². The van der Waals surface area contributed by atoms with E-state index in [1.807, 2.05) is 12.1 Å². The van der Waals surface area contributed by atoms with Crippen LogP contribution < -0.4 is 15.3 Å². The highest BCUT2D eigenvalue weighted by molar-refractivity contribution is 7.52. The summed E-state index contributed by atoms with van der Waals surface area (Å²) in [6, 6.07) is 22.7. The summed E-state index contributed by atoms with van der Waals surface area (Å²) >= 11 is 0. The van der Waals surface area contributed by atoms with Crippen LogP contribution >= 0.6 is 7.75 Å². The van der Waals surface area contributed by atoms with Crippen molar-refractivity contribution in [2.24, 2.45) is 11.8 Å². The maximum absolute atomic E-state index is 14.5. The van der Waals surface area contributed by atoms with E-state index >= 15 is 0 Å². The number of nitrogens with zero attached hydrogens (tertiary/aromatic N) is 3. The molecule has 0 bridgehead atoms. The summed E-state index contributed by atoms with van der Waals surface area (Å²) in [7, 11) is -4.59. The Kier molecular flexibility index (Phi) is 12.2. The Labute approximate surface area is 306 Å². The number of hydrogen-bond acceptors (Lipinski definition) is 13. The molecule has 0 radical (unpaired) electrons. The number of anilines is 1. The van der Waals surface area contributed by atoms with Crippen LogP contribution in [-0.2, 0) is 49.0 Å². The summed E-state index contributed by atoms with van der Waals surface area (Å²) in [6.07, 6.45) is -2.83. The zero-order valence-electron chi connectivity index (χ0n) is 29.9. The van der Waals surface area contributed by atoms with Gasteiger partial charge in [0.1, 0.15) is 37.2 Å². The number of ether oxygens (including phenoxy) is 4. The van der Waals surface area contributed by atoms with E-state index < -0.39 is 74.1 Å². The number of benzene rings is 2. The summed E-state index contributed by atoms with van der Waals surface area (Å²) in [5.74, 6) is -3.34. The second kappa shape index (κ2) is 16.6. The number of fused-ring (bicyclic) bond motifs is 1. The minimum Gasteiger partial charge on any atom is -0.460 e. The van der Waals surface area contributed by atoms with Crippen LogP contribution in [0.4, 0.5) is 5.69 Å². The van der Waals surface area contributed by atoms with Crippen molar-refractivity contribution in [3.8, 4) is 11.8 Å². The monoisotopic (exact) mass is 747 g/mol. The first-order valence-electron chi connectivity index (χ1n) is 17.0. The largest absolute Gasteiger partial charge is 0.460 e. The number of nitriles is 1. The molecule has 1 saturated heterocycles. The number of para-hydroxylation sites is 1. The van der Waals surface area contributed by atoms with Gasteiger partial charge in [-0.3, -0.25) is 18.9 Å². The molecular formula is C37H42N5O10P. The van der Waals surface area contributed by atoms with Gasteiger partial charge in [0.05, 0.1) is 28.7 Å². The van der Waals surface area contributed by atoms with E-state index in [1.165, 1.54) is 29.8 Å². The molecule has 0 amide bonds. The Morgan fingerprint density at radius 2 is 1.58 bits per heavy atom. The van der Waals surface area contributed by atoms with Gasteiger partial charge in [-0.15, -0.1) is 0 Å². The lowest BCUT2D eigenvalue weighted by Crippen LogP contribution is -2.50. The zero-order chi connectivity index (χ0) is 38.3. The molecule has 1 fully saturated rings. The van der Waals surface area contributed by atoms with Gasteiger partial charge >= 0.3 is 25.7 Å². The van der Waals surface area contributed by atoms with Crippen molar-refractivity contribution in [2.45, 2.75) is 71.2 Å². The minimum atomic E-state index is -4.59. The number of carbonyl (C=O) groups excluding carboxylic acids is 3. The quantitative estimate of drug-likeness (QED) is 0.0899. The Morgan fingerprint density at radius 1 is 0.943 bits per heavy atom. The van der Waals surface area contributed by atoms with E-state index in [1.54, 1.807) is 88.4 Å². The van der Waals surface area contributed by atoms with Crippen molar-refractivity contribution in [3.05, 3.63) is 96.3 Å². The van der Waals surface area contributed by atoms with Gasteiger partial charge in [0.15, 0.2) is 12.2 Å². The summed E-state index contributed by atoms with van der Waals surface area (Å²) in [6.45, 7) is 6.93. The summed E-state index contributed by atoms with van der Waals surface area (Å²) in [5, 5.41) is 17.8. The highest BCUT2D eigenvalue weighted by atomic mass is 31.2. The van der Waals surface area contributed by atoms with Crippen molar-refractivity contribution in [3.63, 3.8) is 0 Å². The predicted octanol–water partition coefficient (Wildman–Crippen LogP) is 5.31. The van der Waals surface area contributed by atoms with E-state index in [0.29, 0.717) is 16.9 Å². The Hall–Kier alpha value is -5.26. The maximum Gasteiger partial charge on any atom is 0.459 e. The molecule has 4 aromatic rings. The Morgan fingerprint density at radius 3 is 2.23 bits per heavy atom. The first-order chi connectivity index (χ1) is 25.3. The summed E-state index contributed by atoms with van der Waals surface area (Å²) in [5.41, 5.74) is 5.87. The van der Waals surface area contributed by atoms with E-state index in [9.17, 15) is 24.2 Å². The topological polar surface area (TPSA) is 203 Å². The third-order valence-corrected chi connectivity index (χ3v) is 9.90. The molecule has 0 saturated carbocycles. The smallest absolute Gasteiger partial charge is 0.459 e. The molecule has 16 heteroatoms. The van der Waals surface area contributed by atoms with Gasteiger partial charge in [0.2, 0.25) is 5.60 Å². The molecule has 1 aliphatic heterocycles. The number of rotatable bonds is 15. The molecular weight excluding hydrogens is 705 g/mol. The average molecular weight is 748 g/mol. The number of nitrogen functional groups attached to an aromatic ring is 1. The summed E-state index contributed by atoms with van der Waals surface area (Å²) in [4.78, 5) is 39.4. The standard InChI is InChI=1S/C37H42N5O10P/c1-23(2)34(43)49-32-31(30-17-16-29-28(39)18-19-40-42(29)30)51-37(21-38,33(32)50-35(44)24(3)4)22-48-53(46,52-27-14-10-7-11-15-27)41-25(5)36(45)47-20-26-12-8-6-9-13-26/h6-19,23-25,31-33H,20,22,39H2,1-5H3,(H,41,46)/t25-,31-,32-,33-,37+,53?/m0/s1. The molecule has 2 aromatic carbocycles. The number of hydrogen-bond donors (Lipinski definition) is 2. The number of nitrogens with two attached hydrogens (primary N) is 1. The third-order valence-electron chi connectivity index (χ3n) is 8.28. The lowest BCUT2D eigenvalue weighted by molar-refractivity contribution is -0.173. The van der Waals surface area contributed by atoms with E-state index in [-0.39, 0.29) is 12.4 Å². The zero-order valence-corrected chi connectivity index (χ0v) is 30.8. The molecule has 3 N–H and O–H groups in total. The van der Waals surface area contributed by atoms with Gasteiger partial charge in [0.25, 0.3) is 0 Å². The Balaban J connectivity index is 1.51. The van der Waals surface area contributed by atoms with Crippen LogP contribution in [0.5, 0.6) is 5.75 Å². The van der Waals surface area contributed by atoms with Crippen LogP contribution in [0.3, 0.4) is 0 Å². The Bertz CT molecular complexity index is 2000. The fourth-order valence-corrected chi connectivity index (χ4v) is 6.90. The van der Waals surface area contributed by atoms with Crippen LogP contribution in [0.1, 0.15) is 52.0 Å². The van der Waals surface area contributed by atoms with Crippen LogP contribution in [0.25, 0.3) is 5.52 Å². The summed E-state index contributed by atoms with van der Waals surface area (Å²) < 4.78 is 51.4. The molecule has 0 aliphatic carbocycles. The molecule has 53 heavy (non-hydrogen) atoms. The normalized spacial score (nSPS) is 21.4. The molecule has 6 atom stereocenters. The van der Waals surface area contributed by atoms with Gasteiger partial charge in [-0.2, -0.15) is 15.4 Å². The van der Waals surface area contributed by atoms with Crippen LogP contribution in [0.2, 0.25) is 0 Å². The van der Waals surface area contributed by atoms with Crippen LogP contribution in [0, 0.1) is 23.2 Å². The third kappa shape index (κ3) is 9.04. The van der Waals surface area contributed by atoms with E-state index in [4.69, 9.17) is 33.7 Å². The maximum atomic E-state index is 14.5. The fraction of sp³-hybridized carbons (Fsp3) is 0.378. The van der Waals surface area contributed by atoms with Crippen LogP contribution in [0.15, 0.2) is 85.1 Å². The first-order valence-corrected chi connectivity index (χ1v) is 18.5. The molecule has 0 spiro atoms. The average Bonchev–Trinajstić information content (AvgIpc) is 3.70. The van der Waals surface area contributed by atoms with Crippen molar-refractivity contribution in [2.75, 3.05) is 12.3 Å². The molecule has 1 aliphatic rings. The van der Waals surface area contributed by atoms with Crippen molar-refractivity contribution >= 4 is 36.9 Å². The molecule has 15 nitrogen and oxygen atoms in total. The molecule has 1 unspecified atom stereocenters. The number of nitrogens with one attached hydrogen (secondary N) is 1. The fourth-order valence-electron chi connectivity index (χ4n) is 5.38. The van der Waals surface area contributed by atoms with Gasteiger partial charge in [-0.25, -0.2) is 9.08 Å². The van der Waals surface area contributed by atoms with E-state index in [0.717, 1.165) is 5.56 Å². The van der Waals surface area contributed by atoms with Crippen molar-refractivity contribution in [1.29, 1.82) is 5.26 Å². The number of esters is 3. The second-order valence-corrected chi connectivity index (χ2v) is 14.8. The molecule has 2 aromatic heterocycles. The van der Waals surface area contributed by atoms with E-state index in [2.05, 4.69) is 10.2 Å². The minimum absolute atomic E-state index is 0.0442. The molecule has 3 heterocycles. The second-order valence-electron chi connectivity index (χ2n) is 13.1. The lowest BCUT2D eigenvalue weighted by Gasteiger charge is -2.31. The number of aromatic nitrogens is 2. The predicted molar refractivity (Wildman–Crippen MR) is 191 cm³/mol. The van der Waals surface area contributed by atoms with Crippen molar-refractivity contribution in [1.82, 2.24) is 14.7 Å². The molecule has 280 valence electrons. The lowest BCUT2D eigenvalue weighted by atomic mass is 9.95. The van der Waals surface area contributed by atoms with Gasteiger partial charge in [0, 0.05) is 6.20 Å². The SMILES string of the molecule is CC(C)C(=O)O[C@H]1[C@H](c2ccc3c(N)ccnn23)O[C@](C#N)(COP(=O)(N[C@@H](C)C(=O)OCc2ccccc2)Oc2ccccc2)[C@H]1OC(=O)C(C)C. The van der Waals surface area contributed by atoms with Crippen molar-refractivity contribution < 1.29 is 46.9 Å². The first kappa shape index (κ1) is 39.0. The highest BCUT2D eigenvalue weighted by Gasteiger charge is 2.62. The van der Waals surface area contributed by atoms with Gasteiger partial charge in [-0.1, -0.05) is 76.2 Å². The molecule has 5 rings (SSSR count). The van der Waals surface area contributed by atoms with Crippen LogP contribution in [-0.4, -0.2) is 58.0 Å². The number of carbonyl (C=O) groups is 3.